The van der Waals surface area contributed by atoms with Crippen molar-refractivity contribution >= 4 is 5.91 Å². The molecule has 2 heterocycles. The average Bonchev–Trinajstić information content (AvgIpc) is 3.07. The molecule has 0 saturated carbocycles. The maximum absolute atomic E-state index is 12.2. The third kappa shape index (κ3) is 2.56. The minimum Gasteiger partial charge on any atom is -0.350 e. The van der Waals surface area contributed by atoms with E-state index in [1.165, 1.54) is 0 Å². The summed E-state index contributed by atoms with van der Waals surface area (Å²) < 4.78 is 0. The van der Waals surface area contributed by atoms with E-state index in [1.807, 2.05) is 0 Å². The van der Waals surface area contributed by atoms with E-state index in [-0.39, 0.29) is 5.91 Å². The van der Waals surface area contributed by atoms with Crippen LogP contribution >= 0.6 is 0 Å². The van der Waals surface area contributed by atoms with Crippen molar-refractivity contribution < 1.29 is 4.79 Å². The van der Waals surface area contributed by atoms with Crippen LogP contribution in [-0.4, -0.2) is 38.1 Å². The topological polar surface area (TPSA) is 99.4 Å². The average molecular weight is 274 g/mol. The van der Waals surface area contributed by atoms with Crippen molar-refractivity contribution in [2.75, 3.05) is 6.54 Å². The highest BCUT2D eigenvalue weighted by atomic mass is 16.1. The van der Waals surface area contributed by atoms with E-state index in [9.17, 15) is 4.79 Å². The predicted octanol–water partition coefficient (Wildman–Crippen LogP) is 0.625. The molecule has 0 spiro atoms. The van der Waals surface area contributed by atoms with Gasteiger partial charge in [-0.2, -0.15) is 20.5 Å². The summed E-state index contributed by atoms with van der Waals surface area (Å²) in [6, 6.07) is 0. The number of carbonyl (C=O) groups excluding carboxylic acids is 1. The summed E-state index contributed by atoms with van der Waals surface area (Å²) in [7, 11) is 0. The fourth-order valence-electron chi connectivity index (χ4n) is 2.59. The Morgan fingerprint density at radius 1 is 1.50 bits per heavy atom. The van der Waals surface area contributed by atoms with Gasteiger partial charge in [0, 0.05) is 24.2 Å². The number of nitrogens with zero attached hydrogens (tertiary/aromatic N) is 3. The van der Waals surface area contributed by atoms with Gasteiger partial charge in [0.2, 0.25) is 0 Å². The molecule has 3 rings (SSSR count). The van der Waals surface area contributed by atoms with Gasteiger partial charge >= 0.3 is 0 Å². The van der Waals surface area contributed by atoms with Crippen molar-refractivity contribution in [2.45, 2.75) is 32.6 Å². The van der Waals surface area contributed by atoms with Crippen LogP contribution in [0.5, 0.6) is 0 Å². The van der Waals surface area contributed by atoms with Gasteiger partial charge in [-0.3, -0.25) is 9.89 Å². The SMILES string of the molecule is C[C@@H]1CCc2[nH]nc(C(=O)NCCc3cn[nH]n3)c2C1. The molecule has 2 aromatic rings. The zero-order chi connectivity index (χ0) is 13.9. The number of amides is 1. The summed E-state index contributed by atoms with van der Waals surface area (Å²) >= 11 is 0. The van der Waals surface area contributed by atoms with Crippen molar-refractivity contribution in [1.82, 2.24) is 30.9 Å². The molecular formula is C13H18N6O. The molecule has 1 amide bonds. The molecule has 0 aromatic carbocycles. The number of aromatic nitrogens is 5. The molecule has 0 radical (unpaired) electrons. The van der Waals surface area contributed by atoms with Crippen LogP contribution in [0.4, 0.5) is 0 Å². The number of aryl methyl sites for hydroxylation is 1. The van der Waals surface area contributed by atoms with Gasteiger partial charge in [0.25, 0.3) is 5.91 Å². The smallest absolute Gasteiger partial charge is 0.272 e. The number of H-pyrrole nitrogens is 2. The Labute approximate surface area is 116 Å². The summed E-state index contributed by atoms with van der Waals surface area (Å²) in [5.74, 6) is 0.502. The lowest BCUT2D eigenvalue weighted by molar-refractivity contribution is 0.0948. The molecule has 7 nitrogen and oxygen atoms in total. The van der Waals surface area contributed by atoms with Crippen molar-refractivity contribution in [1.29, 1.82) is 0 Å². The molecule has 0 unspecified atom stereocenters. The monoisotopic (exact) mass is 274 g/mol. The molecule has 20 heavy (non-hydrogen) atoms. The van der Waals surface area contributed by atoms with E-state index in [1.54, 1.807) is 6.20 Å². The number of aromatic amines is 2. The number of rotatable bonds is 4. The molecule has 106 valence electrons. The number of fused-ring (bicyclic) bond motifs is 1. The van der Waals surface area contributed by atoms with Crippen molar-refractivity contribution in [2.24, 2.45) is 5.92 Å². The third-order valence-electron chi connectivity index (χ3n) is 3.74. The van der Waals surface area contributed by atoms with Crippen LogP contribution in [0.25, 0.3) is 0 Å². The van der Waals surface area contributed by atoms with Crippen molar-refractivity contribution in [3.8, 4) is 0 Å². The number of hydrogen-bond donors (Lipinski definition) is 3. The van der Waals surface area contributed by atoms with Gasteiger partial charge in [-0.15, -0.1) is 0 Å². The maximum Gasteiger partial charge on any atom is 0.272 e. The lowest BCUT2D eigenvalue weighted by Crippen LogP contribution is -2.27. The lowest BCUT2D eigenvalue weighted by Gasteiger charge is -2.17. The first kappa shape index (κ1) is 12.8. The molecule has 1 aliphatic rings. The molecule has 1 aliphatic carbocycles. The van der Waals surface area contributed by atoms with Crippen molar-refractivity contribution in [3.63, 3.8) is 0 Å². The Bertz CT molecular complexity index is 588. The molecule has 0 saturated heterocycles. The second kappa shape index (κ2) is 5.44. The van der Waals surface area contributed by atoms with Crippen LogP contribution in [0, 0.1) is 5.92 Å². The Morgan fingerprint density at radius 2 is 2.40 bits per heavy atom. The summed E-state index contributed by atoms with van der Waals surface area (Å²) in [6.07, 6.45) is 5.38. The number of hydrogen-bond acceptors (Lipinski definition) is 4. The number of carbonyl (C=O) groups is 1. The first-order chi connectivity index (χ1) is 9.74. The minimum absolute atomic E-state index is 0.111. The Balaban J connectivity index is 1.61. The summed E-state index contributed by atoms with van der Waals surface area (Å²) in [6.45, 7) is 2.74. The summed E-state index contributed by atoms with van der Waals surface area (Å²) in [4.78, 5) is 12.2. The highest BCUT2D eigenvalue weighted by molar-refractivity contribution is 5.94. The molecule has 0 aliphatic heterocycles. The largest absolute Gasteiger partial charge is 0.350 e. The van der Waals surface area contributed by atoms with Crippen molar-refractivity contribution in [3.05, 3.63) is 28.8 Å². The van der Waals surface area contributed by atoms with Gasteiger partial charge < -0.3 is 5.32 Å². The van der Waals surface area contributed by atoms with E-state index >= 15 is 0 Å². The first-order valence-electron chi connectivity index (χ1n) is 6.93. The number of nitrogens with one attached hydrogen (secondary N) is 3. The lowest BCUT2D eigenvalue weighted by atomic mass is 9.87. The van der Waals surface area contributed by atoms with E-state index < -0.39 is 0 Å². The van der Waals surface area contributed by atoms with Crippen LogP contribution in [0.15, 0.2) is 6.20 Å². The van der Waals surface area contributed by atoms with E-state index in [4.69, 9.17) is 0 Å². The van der Waals surface area contributed by atoms with Crippen LogP contribution < -0.4 is 5.32 Å². The van der Waals surface area contributed by atoms with Crippen LogP contribution in [-0.2, 0) is 19.3 Å². The highest BCUT2D eigenvalue weighted by Gasteiger charge is 2.24. The van der Waals surface area contributed by atoms with Gasteiger partial charge in [0.1, 0.15) is 0 Å². The summed E-state index contributed by atoms with van der Waals surface area (Å²) in [5, 5.41) is 20.3. The fraction of sp³-hybridized carbons (Fsp3) is 0.538. The maximum atomic E-state index is 12.2. The second-order valence-electron chi connectivity index (χ2n) is 5.34. The molecular weight excluding hydrogens is 256 g/mol. The minimum atomic E-state index is -0.111. The van der Waals surface area contributed by atoms with Crippen LogP contribution in [0.2, 0.25) is 0 Å². The highest BCUT2D eigenvalue weighted by Crippen LogP contribution is 2.25. The molecule has 2 aromatic heterocycles. The van der Waals surface area contributed by atoms with E-state index in [0.29, 0.717) is 24.6 Å². The molecule has 1 atom stereocenters. The second-order valence-corrected chi connectivity index (χ2v) is 5.34. The standard InChI is InChI=1S/C13H18N6O/c1-8-2-3-11-10(6-8)12(18-17-11)13(20)14-5-4-9-7-15-19-16-9/h7-8H,2-6H2,1H3,(H,14,20)(H,17,18)(H,15,16,19)/t8-/m1/s1. The van der Waals surface area contributed by atoms with E-state index in [0.717, 1.165) is 36.2 Å². The third-order valence-corrected chi connectivity index (χ3v) is 3.74. The Hall–Kier alpha value is -2.18. The quantitative estimate of drug-likeness (QED) is 0.761. The molecule has 0 bridgehead atoms. The summed E-state index contributed by atoms with van der Waals surface area (Å²) in [5.41, 5.74) is 3.59. The predicted molar refractivity (Wildman–Crippen MR) is 72.2 cm³/mol. The Morgan fingerprint density at radius 3 is 3.20 bits per heavy atom. The van der Waals surface area contributed by atoms with Crippen LogP contribution in [0.3, 0.4) is 0 Å². The Kier molecular flexibility index (Phi) is 3.49. The zero-order valence-electron chi connectivity index (χ0n) is 11.4. The van der Waals surface area contributed by atoms with Gasteiger partial charge in [0.15, 0.2) is 5.69 Å². The van der Waals surface area contributed by atoms with Gasteiger partial charge in [0.05, 0.1) is 11.9 Å². The first-order valence-corrected chi connectivity index (χ1v) is 6.93. The van der Waals surface area contributed by atoms with E-state index in [2.05, 4.69) is 37.8 Å². The molecule has 3 N–H and O–H groups in total. The van der Waals surface area contributed by atoms with Crippen LogP contribution in [0.1, 0.15) is 40.8 Å². The van der Waals surface area contributed by atoms with Gasteiger partial charge in [-0.05, 0) is 25.2 Å². The fourth-order valence-corrected chi connectivity index (χ4v) is 2.59. The van der Waals surface area contributed by atoms with Gasteiger partial charge in [-0.25, -0.2) is 0 Å². The zero-order valence-corrected chi connectivity index (χ0v) is 11.4. The molecule has 7 heteroatoms. The molecule has 0 fully saturated rings. The van der Waals surface area contributed by atoms with Gasteiger partial charge in [-0.1, -0.05) is 6.92 Å². The normalized spacial score (nSPS) is 17.8.